The van der Waals surface area contributed by atoms with Crippen LogP contribution in [0.25, 0.3) is 28.0 Å². The van der Waals surface area contributed by atoms with Crippen LogP contribution in [0.5, 0.6) is 5.75 Å². The molecule has 3 nitrogen and oxygen atoms in total. The van der Waals surface area contributed by atoms with Gasteiger partial charge in [-0.05, 0) is 51.1 Å². The van der Waals surface area contributed by atoms with Crippen molar-refractivity contribution in [2.24, 2.45) is 0 Å². The number of hydrogen-bond acceptors (Lipinski definition) is 3. The fourth-order valence-corrected chi connectivity index (χ4v) is 3.95. The number of rotatable bonds is 2. The Bertz CT molecular complexity index is 1160. The average Bonchev–Trinajstić information content (AvgIpc) is 2.65. The molecule has 0 spiro atoms. The number of phenolic OH excluding ortho intramolecular Hbond substituents is 1. The van der Waals surface area contributed by atoms with E-state index in [0.29, 0.717) is 31.4 Å². The normalized spacial score (nSPS) is 13.5. The minimum Gasteiger partial charge on any atom is -0.507 e. The predicted octanol–water partition coefficient (Wildman–Crippen LogP) is 5.55. The molecule has 0 amide bonds. The summed E-state index contributed by atoms with van der Waals surface area (Å²) in [6, 6.07) is 14.5. The zero-order chi connectivity index (χ0) is 18.4. The predicted molar refractivity (Wildman–Crippen MR) is 112 cm³/mol. The molecule has 0 aromatic heterocycles. The molecule has 1 aliphatic carbocycles. The number of allylic oxidation sites excluding steroid dienone is 2. The fourth-order valence-electron chi connectivity index (χ4n) is 3.40. The molecule has 3 aromatic rings. The Morgan fingerprint density at radius 2 is 1.69 bits per heavy atom. The van der Waals surface area contributed by atoms with E-state index in [0.717, 1.165) is 10.8 Å². The van der Waals surface area contributed by atoms with E-state index in [4.69, 9.17) is 0 Å². The minimum absolute atomic E-state index is 0.0602. The van der Waals surface area contributed by atoms with E-state index in [1.54, 1.807) is 24.3 Å². The molecule has 0 radical (unpaired) electrons. The molecule has 0 fully saturated rings. The van der Waals surface area contributed by atoms with Crippen LogP contribution in [0, 0.1) is 0 Å². The van der Waals surface area contributed by atoms with Crippen molar-refractivity contribution < 1.29 is 14.7 Å². The second-order valence-electron chi connectivity index (χ2n) is 6.02. The van der Waals surface area contributed by atoms with Crippen LogP contribution in [0.1, 0.15) is 26.3 Å². The van der Waals surface area contributed by atoms with Crippen LogP contribution in [0.3, 0.4) is 0 Å². The first kappa shape index (κ1) is 16.7. The Labute approximate surface area is 163 Å². The van der Waals surface area contributed by atoms with Gasteiger partial charge in [0, 0.05) is 28.3 Å². The number of carbonyl (C=O) groups is 2. The van der Waals surface area contributed by atoms with Gasteiger partial charge in [-0.3, -0.25) is 9.59 Å². The van der Waals surface area contributed by atoms with Gasteiger partial charge in [0.25, 0.3) is 0 Å². The number of fused-ring (bicyclic) bond motifs is 2. The minimum atomic E-state index is -0.216. The third-order valence-corrected chi connectivity index (χ3v) is 5.38. The molecule has 0 bridgehead atoms. The maximum atomic E-state index is 12.9. The van der Waals surface area contributed by atoms with Crippen LogP contribution in [-0.2, 0) is 0 Å². The first-order valence-electron chi connectivity index (χ1n) is 7.99. The molecule has 26 heavy (non-hydrogen) atoms. The van der Waals surface area contributed by atoms with E-state index >= 15 is 0 Å². The molecule has 0 unspecified atom stereocenters. The SMILES string of the molecule is C=Cc1ccc2c(c1-c1c(O)ccc3ccccc13)C(=O)C(I)=CC2=O. The molecule has 0 atom stereocenters. The van der Waals surface area contributed by atoms with Crippen molar-refractivity contribution in [3.05, 3.63) is 81.5 Å². The first-order valence-corrected chi connectivity index (χ1v) is 9.07. The molecule has 4 heteroatoms. The van der Waals surface area contributed by atoms with Crippen molar-refractivity contribution in [2.75, 3.05) is 0 Å². The van der Waals surface area contributed by atoms with Gasteiger partial charge < -0.3 is 5.11 Å². The van der Waals surface area contributed by atoms with Crippen molar-refractivity contribution in [1.29, 1.82) is 0 Å². The second-order valence-corrected chi connectivity index (χ2v) is 7.19. The number of halogens is 1. The van der Waals surface area contributed by atoms with Gasteiger partial charge in [-0.1, -0.05) is 49.1 Å². The van der Waals surface area contributed by atoms with E-state index in [9.17, 15) is 14.7 Å². The molecule has 126 valence electrons. The summed E-state index contributed by atoms with van der Waals surface area (Å²) in [7, 11) is 0. The van der Waals surface area contributed by atoms with Gasteiger partial charge in [-0.25, -0.2) is 0 Å². The van der Waals surface area contributed by atoms with Crippen molar-refractivity contribution in [1.82, 2.24) is 0 Å². The van der Waals surface area contributed by atoms with Crippen molar-refractivity contribution in [2.45, 2.75) is 0 Å². The Hall–Kier alpha value is -2.73. The van der Waals surface area contributed by atoms with Crippen LogP contribution < -0.4 is 0 Å². The summed E-state index contributed by atoms with van der Waals surface area (Å²) in [5.74, 6) is -0.364. The lowest BCUT2D eigenvalue weighted by Gasteiger charge is -2.20. The third kappa shape index (κ3) is 2.41. The number of benzene rings is 3. The van der Waals surface area contributed by atoms with Crippen LogP contribution >= 0.6 is 22.6 Å². The quantitative estimate of drug-likeness (QED) is 0.519. The number of carbonyl (C=O) groups excluding carboxylic acids is 2. The Morgan fingerprint density at radius 1 is 0.923 bits per heavy atom. The van der Waals surface area contributed by atoms with Gasteiger partial charge in [0.15, 0.2) is 5.78 Å². The maximum Gasteiger partial charge on any atom is 0.200 e. The largest absolute Gasteiger partial charge is 0.507 e. The molecule has 3 aromatic carbocycles. The molecule has 1 N–H and O–H groups in total. The lowest BCUT2D eigenvalue weighted by Crippen LogP contribution is -2.16. The Morgan fingerprint density at radius 3 is 2.46 bits per heavy atom. The lowest BCUT2D eigenvalue weighted by molar-refractivity contribution is 0.0993. The number of aromatic hydroxyl groups is 1. The Balaban J connectivity index is 2.20. The van der Waals surface area contributed by atoms with E-state index < -0.39 is 0 Å². The summed E-state index contributed by atoms with van der Waals surface area (Å²) in [6.45, 7) is 3.84. The number of Topliss-reactive ketones (excluding diaryl/α,β-unsaturated/α-hetero) is 1. The van der Waals surface area contributed by atoms with Crippen molar-refractivity contribution >= 4 is 51.0 Å². The summed E-state index contributed by atoms with van der Waals surface area (Å²) in [5.41, 5.74) is 2.46. The van der Waals surface area contributed by atoms with E-state index in [1.807, 2.05) is 52.9 Å². The summed E-state index contributed by atoms with van der Waals surface area (Å²) < 4.78 is 0.363. The number of phenols is 1. The molecule has 0 heterocycles. The van der Waals surface area contributed by atoms with Gasteiger partial charge in [0.05, 0.1) is 3.58 Å². The average molecular weight is 452 g/mol. The van der Waals surface area contributed by atoms with Gasteiger partial charge in [-0.2, -0.15) is 0 Å². The Kier molecular flexibility index (Phi) is 4.00. The highest BCUT2D eigenvalue weighted by molar-refractivity contribution is 14.1. The van der Waals surface area contributed by atoms with Gasteiger partial charge in [-0.15, -0.1) is 0 Å². The van der Waals surface area contributed by atoms with E-state index in [1.165, 1.54) is 6.08 Å². The van der Waals surface area contributed by atoms with Crippen molar-refractivity contribution in [3.8, 4) is 16.9 Å². The maximum absolute atomic E-state index is 12.9. The monoisotopic (exact) mass is 452 g/mol. The molecule has 1 aliphatic rings. The second kappa shape index (κ2) is 6.21. The summed E-state index contributed by atoms with van der Waals surface area (Å²) >= 11 is 1.88. The van der Waals surface area contributed by atoms with Gasteiger partial charge >= 0.3 is 0 Å². The van der Waals surface area contributed by atoms with Crippen LogP contribution in [0.15, 0.2) is 64.8 Å². The van der Waals surface area contributed by atoms with E-state index in [-0.39, 0.29) is 17.3 Å². The van der Waals surface area contributed by atoms with Crippen LogP contribution in [0.4, 0.5) is 0 Å². The fraction of sp³-hybridized carbons (Fsp3) is 0. The van der Waals surface area contributed by atoms with E-state index in [2.05, 4.69) is 6.58 Å². The number of ketones is 2. The zero-order valence-electron chi connectivity index (χ0n) is 13.6. The van der Waals surface area contributed by atoms with Crippen molar-refractivity contribution in [3.63, 3.8) is 0 Å². The van der Waals surface area contributed by atoms with Crippen LogP contribution in [0.2, 0.25) is 0 Å². The lowest BCUT2D eigenvalue weighted by atomic mass is 9.83. The molecule has 4 rings (SSSR count). The summed E-state index contributed by atoms with van der Waals surface area (Å²) in [4.78, 5) is 25.4. The third-order valence-electron chi connectivity index (χ3n) is 4.58. The van der Waals surface area contributed by atoms with Crippen LogP contribution in [-0.4, -0.2) is 16.7 Å². The zero-order valence-corrected chi connectivity index (χ0v) is 15.8. The smallest absolute Gasteiger partial charge is 0.200 e. The summed E-state index contributed by atoms with van der Waals surface area (Å²) in [5, 5.41) is 12.4. The number of hydrogen-bond donors (Lipinski definition) is 1. The highest BCUT2D eigenvalue weighted by Crippen LogP contribution is 2.43. The molecular weight excluding hydrogens is 439 g/mol. The highest BCUT2D eigenvalue weighted by atomic mass is 127. The molecule has 0 saturated carbocycles. The molecule has 0 aliphatic heterocycles. The molecule has 0 saturated heterocycles. The standard InChI is InChI=1S/C22H13IO3/c1-2-12-7-9-15-18(25)11-16(23)22(26)21(15)19(12)20-14-6-4-3-5-13(14)8-10-17(20)24/h2-11,24H,1H2. The van der Waals surface area contributed by atoms with Gasteiger partial charge in [0.2, 0.25) is 5.78 Å². The topological polar surface area (TPSA) is 54.4 Å². The van der Waals surface area contributed by atoms with Gasteiger partial charge in [0.1, 0.15) is 5.75 Å². The summed E-state index contributed by atoms with van der Waals surface area (Å²) in [6.07, 6.45) is 2.99. The first-order chi connectivity index (χ1) is 12.5. The highest BCUT2D eigenvalue weighted by Gasteiger charge is 2.30. The molecular formula is C22H13IO3.